The molecule has 9 aliphatic carbocycles. The summed E-state index contributed by atoms with van der Waals surface area (Å²) in [5.74, 6) is 5.67. The molecule has 0 aliphatic heterocycles. The molecule has 8 fully saturated rings. The van der Waals surface area contributed by atoms with Gasteiger partial charge in [0.25, 0.3) is 0 Å². The van der Waals surface area contributed by atoms with Gasteiger partial charge in [-0.15, -0.1) is 0 Å². The minimum Gasteiger partial charge on any atom is -0.310 e. The van der Waals surface area contributed by atoms with Gasteiger partial charge in [-0.05, 0) is 210 Å². The average molecular weight is 762 g/mol. The van der Waals surface area contributed by atoms with Gasteiger partial charge in [-0.1, -0.05) is 107 Å². The normalized spacial score (nSPS) is 32.0. The average Bonchev–Trinajstić information content (AvgIpc) is 3.42. The molecule has 0 unspecified atom stereocenters. The Bertz CT molecular complexity index is 2240. The Morgan fingerprint density at radius 2 is 0.914 bits per heavy atom. The minimum absolute atomic E-state index is 0.0916. The second-order valence-corrected chi connectivity index (χ2v) is 22.7. The molecule has 0 aromatic heterocycles. The lowest BCUT2D eigenvalue weighted by Crippen LogP contribution is -2.48. The van der Waals surface area contributed by atoms with Gasteiger partial charge in [-0.25, -0.2) is 0 Å². The van der Waals surface area contributed by atoms with E-state index >= 15 is 0 Å². The molecule has 0 atom stereocenters. The number of rotatable bonds is 6. The van der Waals surface area contributed by atoms with Crippen molar-refractivity contribution in [1.29, 1.82) is 0 Å². The topological polar surface area (TPSA) is 3.24 Å². The molecule has 0 heterocycles. The Hall–Kier alpha value is -4.10. The highest BCUT2D eigenvalue weighted by atomic mass is 15.1. The number of anilines is 3. The molecule has 1 heteroatoms. The summed E-state index contributed by atoms with van der Waals surface area (Å²) in [6.45, 7) is 11.8. The van der Waals surface area contributed by atoms with Gasteiger partial charge in [-0.3, -0.25) is 0 Å². The zero-order valence-corrected chi connectivity index (χ0v) is 35.8. The van der Waals surface area contributed by atoms with E-state index in [0.717, 1.165) is 35.5 Å². The number of fused-ring (bicyclic) bond motifs is 3. The van der Waals surface area contributed by atoms with Crippen LogP contribution >= 0.6 is 0 Å². The highest BCUT2D eigenvalue weighted by molar-refractivity contribution is 5.94. The molecule has 0 saturated heterocycles. The summed E-state index contributed by atoms with van der Waals surface area (Å²) in [5, 5.41) is 0. The van der Waals surface area contributed by atoms with E-state index < -0.39 is 0 Å². The predicted molar refractivity (Wildman–Crippen MR) is 243 cm³/mol. The Balaban J connectivity index is 1.02. The van der Waals surface area contributed by atoms with Crippen molar-refractivity contribution in [2.24, 2.45) is 35.5 Å². The van der Waals surface area contributed by atoms with E-state index in [1.165, 1.54) is 133 Å². The molecule has 1 nitrogen and oxygen atoms in total. The Morgan fingerprint density at radius 3 is 1.36 bits per heavy atom. The molecule has 9 aliphatic rings. The predicted octanol–water partition coefficient (Wildman–Crippen LogP) is 15.4. The van der Waals surface area contributed by atoms with Crippen molar-refractivity contribution in [1.82, 2.24) is 0 Å². The van der Waals surface area contributed by atoms with Crippen LogP contribution in [0.1, 0.15) is 139 Å². The van der Waals surface area contributed by atoms with Crippen molar-refractivity contribution >= 4 is 17.1 Å². The lowest BCUT2D eigenvalue weighted by Gasteiger charge is -2.57. The molecule has 8 saturated carbocycles. The largest absolute Gasteiger partial charge is 0.310 e. The van der Waals surface area contributed by atoms with E-state index in [9.17, 15) is 0 Å². The number of benzene rings is 5. The summed E-state index contributed by atoms with van der Waals surface area (Å²) in [5.41, 5.74) is 17.4. The van der Waals surface area contributed by atoms with Crippen molar-refractivity contribution in [3.8, 4) is 22.3 Å². The second kappa shape index (κ2) is 12.5. The van der Waals surface area contributed by atoms with Crippen molar-refractivity contribution in [3.05, 3.63) is 137 Å². The van der Waals surface area contributed by atoms with Gasteiger partial charge in [0.15, 0.2) is 0 Å². The van der Waals surface area contributed by atoms with Crippen LogP contribution in [0.5, 0.6) is 0 Å². The van der Waals surface area contributed by atoms with Crippen LogP contribution < -0.4 is 4.90 Å². The van der Waals surface area contributed by atoms with E-state index in [2.05, 4.69) is 149 Å². The van der Waals surface area contributed by atoms with Crippen molar-refractivity contribution in [2.45, 2.75) is 133 Å². The molecule has 14 rings (SSSR count). The van der Waals surface area contributed by atoms with Crippen LogP contribution in [-0.4, -0.2) is 0 Å². The van der Waals surface area contributed by atoms with Crippen molar-refractivity contribution in [2.75, 3.05) is 4.90 Å². The third kappa shape index (κ3) is 5.46. The SMILES string of the molecule is CC(C)(C)c1ccc(-c2cc3c(cc2N(c2ccc(C45CC6CC(CC(C6)C4)C5)cc2)c2ccc(C45CC6CC(CC(C6)C4)C5)cc2)C(C)(C)c2ccccc2-3)cc1. The van der Waals surface area contributed by atoms with E-state index in [1.807, 2.05) is 0 Å². The highest BCUT2D eigenvalue weighted by Crippen LogP contribution is 2.63. The fourth-order valence-corrected chi connectivity index (χ4v) is 15.6. The summed E-state index contributed by atoms with van der Waals surface area (Å²) in [4.78, 5) is 2.64. The van der Waals surface area contributed by atoms with E-state index in [0.29, 0.717) is 10.8 Å². The van der Waals surface area contributed by atoms with Gasteiger partial charge in [0, 0.05) is 22.4 Å². The van der Waals surface area contributed by atoms with Gasteiger partial charge >= 0.3 is 0 Å². The third-order valence-corrected chi connectivity index (χ3v) is 17.6. The Morgan fingerprint density at radius 1 is 0.466 bits per heavy atom. The summed E-state index contributed by atoms with van der Waals surface area (Å²) < 4.78 is 0. The lowest BCUT2D eigenvalue weighted by molar-refractivity contribution is -0.00529. The van der Waals surface area contributed by atoms with E-state index in [1.54, 1.807) is 11.1 Å². The first kappa shape index (κ1) is 35.8. The van der Waals surface area contributed by atoms with Crippen LogP contribution in [0.4, 0.5) is 17.1 Å². The standard InChI is InChI=1S/C57H63N/c1-54(2,3)43-12-10-42(11-13-43)49-28-50-48-8-6-7-9-51(48)55(4,5)52(50)29-53(49)58(46-18-14-44(15-19-46)56-30-36-22-37(31-56)24-38(23-36)32-56)47-20-16-45(17-21-47)57-33-39-25-40(34-57)27-41(26-39)35-57/h6-21,28-29,36-41H,22-27,30-35H2,1-5H3. The van der Waals surface area contributed by atoms with Gasteiger partial charge in [0.2, 0.25) is 0 Å². The molecule has 296 valence electrons. The maximum absolute atomic E-state index is 2.64. The van der Waals surface area contributed by atoms with Crippen LogP contribution in [0, 0.1) is 35.5 Å². The zero-order valence-electron chi connectivity index (χ0n) is 35.8. The van der Waals surface area contributed by atoms with Crippen LogP contribution in [0.25, 0.3) is 22.3 Å². The molecule has 0 amide bonds. The van der Waals surface area contributed by atoms with Gasteiger partial charge in [0.1, 0.15) is 0 Å². The molecule has 58 heavy (non-hydrogen) atoms. The quantitative estimate of drug-likeness (QED) is 0.167. The van der Waals surface area contributed by atoms with E-state index in [-0.39, 0.29) is 10.8 Å². The van der Waals surface area contributed by atoms with Crippen LogP contribution in [0.15, 0.2) is 109 Å². The van der Waals surface area contributed by atoms with Crippen LogP contribution in [-0.2, 0) is 21.7 Å². The molecule has 5 aromatic rings. The summed E-state index contributed by atoms with van der Waals surface area (Å²) in [6, 6.07) is 44.0. The van der Waals surface area contributed by atoms with Gasteiger partial charge < -0.3 is 4.90 Å². The molecule has 8 bridgehead atoms. The maximum atomic E-state index is 2.64. The smallest absolute Gasteiger partial charge is 0.0543 e. The maximum Gasteiger partial charge on any atom is 0.0543 e. The van der Waals surface area contributed by atoms with Gasteiger partial charge in [0.05, 0.1) is 5.69 Å². The Kier molecular flexibility index (Phi) is 7.70. The first-order valence-electron chi connectivity index (χ1n) is 23.3. The zero-order chi connectivity index (χ0) is 39.2. The first-order valence-corrected chi connectivity index (χ1v) is 23.3. The number of hydrogen-bond acceptors (Lipinski definition) is 1. The lowest BCUT2D eigenvalue weighted by atomic mass is 9.48. The summed E-state index contributed by atoms with van der Waals surface area (Å²) >= 11 is 0. The highest BCUT2D eigenvalue weighted by Gasteiger charge is 2.53. The Labute approximate surface area is 348 Å². The molecule has 5 aromatic carbocycles. The van der Waals surface area contributed by atoms with Crippen LogP contribution in [0.2, 0.25) is 0 Å². The fraction of sp³-hybridized carbons (Fsp3) is 0.474. The molecule has 0 N–H and O–H groups in total. The molecular formula is C57H63N. The van der Waals surface area contributed by atoms with E-state index in [4.69, 9.17) is 0 Å². The van der Waals surface area contributed by atoms with Crippen molar-refractivity contribution in [3.63, 3.8) is 0 Å². The molecule has 0 radical (unpaired) electrons. The minimum atomic E-state index is -0.0916. The fourth-order valence-electron chi connectivity index (χ4n) is 15.6. The second-order valence-electron chi connectivity index (χ2n) is 22.7. The summed E-state index contributed by atoms with van der Waals surface area (Å²) in [6.07, 6.45) is 17.4. The molecular weight excluding hydrogens is 699 g/mol. The van der Waals surface area contributed by atoms with Gasteiger partial charge in [-0.2, -0.15) is 0 Å². The number of hydrogen-bond donors (Lipinski definition) is 0. The first-order chi connectivity index (χ1) is 27.9. The third-order valence-electron chi connectivity index (χ3n) is 17.6. The van der Waals surface area contributed by atoms with Crippen molar-refractivity contribution < 1.29 is 0 Å². The summed E-state index contributed by atoms with van der Waals surface area (Å²) in [7, 11) is 0. The monoisotopic (exact) mass is 761 g/mol. The molecule has 0 spiro atoms. The number of nitrogens with zero attached hydrogens (tertiary/aromatic N) is 1. The van der Waals surface area contributed by atoms with Crippen LogP contribution in [0.3, 0.4) is 0 Å².